The maximum Gasteiger partial charge on any atom is 0.256 e. The lowest BCUT2D eigenvalue weighted by Gasteiger charge is -2.10. The highest BCUT2D eigenvalue weighted by Crippen LogP contribution is 2.13. The highest BCUT2D eigenvalue weighted by molar-refractivity contribution is 5.54. The van der Waals surface area contributed by atoms with Crippen LogP contribution < -0.4 is 15.9 Å². The average molecular weight is 415 g/mol. The van der Waals surface area contributed by atoms with Gasteiger partial charge in [0.05, 0.1) is 11.4 Å². The first-order valence-electron chi connectivity index (χ1n) is 9.81. The molecular weight excluding hydrogens is 394 g/mol. The first-order valence-corrected chi connectivity index (χ1v) is 9.81. The third kappa shape index (κ3) is 3.41. The molecular formula is C21H21N9O. The third-order valence-electron chi connectivity index (χ3n) is 4.82. The monoisotopic (exact) mass is 415 g/mol. The summed E-state index contributed by atoms with van der Waals surface area (Å²) in [5.74, 6) is 1.93. The van der Waals surface area contributed by atoms with Crippen molar-refractivity contribution in [2.45, 2.75) is 27.7 Å². The van der Waals surface area contributed by atoms with Gasteiger partial charge in [-0.3, -0.25) is 0 Å². The normalized spacial score (nSPS) is 13.6. The number of hydrogen-bond donors (Lipinski definition) is 0. The number of hydrogen-bond acceptors (Lipinski definition) is 8. The van der Waals surface area contributed by atoms with Gasteiger partial charge in [0.15, 0.2) is 17.1 Å². The Morgan fingerprint density at radius 2 is 1.45 bits per heavy atom. The largest absolute Gasteiger partial charge is 0.435 e. The molecule has 0 saturated heterocycles. The van der Waals surface area contributed by atoms with Gasteiger partial charge < -0.3 is 9.32 Å². The van der Waals surface area contributed by atoms with E-state index in [4.69, 9.17) is 4.42 Å². The van der Waals surface area contributed by atoms with Crippen LogP contribution in [-0.4, -0.2) is 46.5 Å². The Morgan fingerprint density at radius 3 is 1.97 bits per heavy atom. The lowest BCUT2D eigenvalue weighted by Crippen LogP contribution is -2.18. The Kier molecular flexibility index (Phi) is 4.28. The molecule has 10 nitrogen and oxygen atoms in total. The van der Waals surface area contributed by atoms with E-state index in [1.807, 2.05) is 70.1 Å². The summed E-state index contributed by atoms with van der Waals surface area (Å²) >= 11 is 0. The number of allylic oxidation sites excluding steroid dienone is 1. The van der Waals surface area contributed by atoms with Crippen molar-refractivity contribution < 1.29 is 4.42 Å². The van der Waals surface area contributed by atoms with Gasteiger partial charge in [0.1, 0.15) is 0 Å². The molecule has 0 aromatic carbocycles. The second-order valence-electron chi connectivity index (χ2n) is 7.47. The number of aromatic nitrogens is 8. The predicted molar refractivity (Wildman–Crippen MR) is 114 cm³/mol. The molecule has 1 aliphatic heterocycles. The third-order valence-corrected chi connectivity index (χ3v) is 4.82. The molecule has 0 amide bonds. The molecule has 0 N–H and O–H groups in total. The summed E-state index contributed by atoms with van der Waals surface area (Å²) in [6, 6.07) is 3.94. The van der Waals surface area contributed by atoms with E-state index in [-0.39, 0.29) is 0 Å². The molecule has 1 aliphatic rings. The van der Waals surface area contributed by atoms with Crippen LogP contribution in [0.15, 0.2) is 28.8 Å². The quantitative estimate of drug-likeness (QED) is 0.489. The van der Waals surface area contributed by atoms with Crippen LogP contribution in [0.4, 0.5) is 5.82 Å². The van der Waals surface area contributed by atoms with Crippen molar-refractivity contribution in [1.82, 2.24) is 39.5 Å². The SMILES string of the molecule is Cc1cc(C)n(-c2nc(C=c3nc4c(o3)=CC=CN4C)nc(-n3nc(C)cc3C)n2)n1. The molecule has 5 rings (SSSR count). The van der Waals surface area contributed by atoms with Crippen molar-refractivity contribution in [2.24, 2.45) is 0 Å². The van der Waals surface area contributed by atoms with Crippen molar-refractivity contribution in [3.63, 3.8) is 0 Å². The molecule has 0 bridgehead atoms. The van der Waals surface area contributed by atoms with E-state index >= 15 is 0 Å². The van der Waals surface area contributed by atoms with Crippen LogP contribution in [0.2, 0.25) is 0 Å². The molecule has 31 heavy (non-hydrogen) atoms. The minimum absolute atomic E-state index is 0.398. The fourth-order valence-electron chi connectivity index (χ4n) is 3.49. The van der Waals surface area contributed by atoms with E-state index in [0.717, 1.165) is 28.6 Å². The topological polar surface area (TPSA) is 104 Å². The Labute approximate surface area is 177 Å². The van der Waals surface area contributed by atoms with Gasteiger partial charge in [-0.1, -0.05) is 0 Å². The van der Waals surface area contributed by atoms with Crippen LogP contribution in [0.5, 0.6) is 0 Å². The first kappa shape index (κ1) is 18.9. The van der Waals surface area contributed by atoms with Gasteiger partial charge >= 0.3 is 0 Å². The summed E-state index contributed by atoms with van der Waals surface area (Å²) in [6.45, 7) is 7.77. The van der Waals surface area contributed by atoms with Crippen LogP contribution in [0, 0.1) is 27.7 Å². The Morgan fingerprint density at radius 1 is 0.839 bits per heavy atom. The van der Waals surface area contributed by atoms with Gasteiger partial charge in [-0.05, 0) is 52.0 Å². The molecule has 4 aromatic rings. The summed E-state index contributed by atoms with van der Waals surface area (Å²) in [5.41, 5.74) is 4.68. The Bertz CT molecular complexity index is 1390. The number of oxazole rings is 1. The molecule has 156 valence electrons. The summed E-state index contributed by atoms with van der Waals surface area (Å²) in [6.07, 6.45) is 7.38. The molecule has 0 unspecified atom stereocenters. The van der Waals surface area contributed by atoms with Crippen molar-refractivity contribution in [2.75, 3.05) is 11.9 Å². The average Bonchev–Trinajstić information content (AvgIpc) is 3.38. The molecule has 0 aliphatic carbocycles. The van der Waals surface area contributed by atoms with Crippen molar-refractivity contribution >= 4 is 18.0 Å². The van der Waals surface area contributed by atoms with Crippen molar-refractivity contribution in [1.29, 1.82) is 0 Å². The molecule has 4 aromatic heterocycles. The van der Waals surface area contributed by atoms with Crippen LogP contribution in [0.1, 0.15) is 28.6 Å². The molecule has 0 atom stereocenters. The van der Waals surface area contributed by atoms with E-state index in [1.54, 1.807) is 15.4 Å². The van der Waals surface area contributed by atoms with Crippen LogP contribution in [-0.2, 0) is 0 Å². The van der Waals surface area contributed by atoms with Crippen molar-refractivity contribution in [3.8, 4) is 11.9 Å². The van der Waals surface area contributed by atoms with Gasteiger partial charge in [0, 0.05) is 30.7 Å². The Hall–Kier alpha value is -4.08. The van der Waals surface area contributed by atoms with Gasteiger partial charge in [-0.25, -0.2) is 9.36 Å². The summed E-state index contributed by atoms with van der Waals surface area (Å²) < 4.78 is 9.25. The summed E-state index contributed by atoms with van der Waals surface area (Å²) in [7, 11) is 1.92. The molecule has 0 radical (unpaired) electrons. The summed E-state index contributed by atoms with van der Waals surface area (Å²) in [4.78, 5) is 20.3. The molecule has 5 heterocycles. The standard InChI is InChI=1S/C21H21N9O/c1-12-9-14(3)29(26-12)20-22-17(23-21(25-20)30-15(4)10-13(2)27-30)11-18-24-19-16(31-18)7-6-8-28(19)5/h6-11H,1-5H3. The zero-order valence-corrected chi connectivity index (χ0v) is 17.9. The van der Waals surface area contributed by atoms with Gasteiger partial charge in [0.2, 0.25) is 5.55 Å². The molecule has 10 heteroatoms. The zero-order chi connectivity index (χ0) is 21.7. The van der Waals surface area contributed by atoms with Gasteiger partial charge in [0.25, 0.3) is 11.9 Å². The van der Waals surface area contributed by atoms with Gasteiger partial charge in [-0.15, -0.1) is 0 Å². The molecule has 0 saturated carbocycles. The highest BCUT2D eigenvalue weighted by atomic mass is 16.3. The van der Waals surface area contributed by atoms with Crippen LogP contribution in [0.3, 0.4) is 0 Å². The second kappa shape index (κ2) is 7.01. The van der Waals surface area contributed by atoms with E-state index in [2.05, 4.69) is 30.1 Å². The maximum absolute atomic E-state index is 5.87. The number of nitrogens with zero attached hydrogens (tertiary/aromatic N) is 9. The molecule has 0 spiro atoms. The molecule has 0 fully saturated rings. The van der Waals surface area contributed by atoms with Gasteiger partial charge in [-0.2, -0.15) is 30.1 Å². The number of anilines is 1. The zero-order valence-electron chi connectivity index (χ0n) is 17.9. The minimum atomic E-state index is 0.398. The highest BCUT2D eigenvalue weighted by Gasteiger charge is 2.15. The smallest absolute Gasteiger partial charge is 0.256 e. The van der Waals surface area contributed by atoms with E-state index < -0.39 is 0 Å². The second-order valence-corrected chi connectivity index (χ2v) is 7.47. The lowest BCUT2D eigenvalue weighted by molar-refractivity contribution is 0.491. The number of aryl methyl sites for hydroxylation is 4. The number of rotatable bonds is 3. The summed E-state index contributed by atoms with van der Waals surface area (Å²) in [5, 5.41) is 9.03. The lowest BCUT2D eigenvalue weighted by atomic mass is 10.4. The number of fused-ring (bicyclic) bond motifs is 1. The van der Waals surface area contributed by atoms with E-state index in [0.29, 0.717) is 28.7 Å². The van der Waals surface area contributed by atoms with E-state index in [1.165, 1.54) is 0 Å². The minimum Gasteiger partial charge on any atom is -0.435 e. The Balaban J connectivity index is 1.70. The maximum atomic E-state index is 5.87. The van der Waals surface area contributed by atoms with Crippen LogP contribution in [0.25, 0.3) is 24.0 Å². The van der Waals surface area contributed by atoms with Crippen LogP contribution >= 0.6 is 0 Å². The fourth-order valence-corrected chi connectivity index (χ4v) is 3.49. The predicted octanol–water partition coefficient (Wildman–Crippen LogP) is 1.04. The first-order chi connectivity index (χ1) is 14.9. The van der Waals surface area contributed by atoms with E-state index in [9.17, 15) is 0 Å². The fraction of sp³-hybridized carbons (Fsp3) is 0.238. The van der Waals surface area contributed by atoms with Crippen molar-refractivity contribution in [3.05, 3.63) is 64.0 Å².